The molecule has 0 aliphatic heterocycles. The van der Waals surface area contributed by atoms with Crippen LogP contribution in [0.2, 0.25) is 0 Å². The highest BCUT2D eigenvalue weighted by Gasteiger charge is 2.15. The molecule has 1 atom stereocenters. The van der Waals surface area contributed by atoms with Crippen molar-refractivity contribution in [2.45, 2.75) is 13.0 Å². The van der Waals surface area contributed by atoms with Gasteiger partial charge in [-0.15, -0.1) is 0 Å². The van der Waals surface area contributed by atoms with E-state index in [0.29, 0.717) is 11.5 Å². The third kappa shape index (κ3) is 3.12. The SMILES string of the molecule is CC(Oc1ccc(ON)cc1)C(=O)ON. The van der Waals surface area contributed by atoms with Crippen molar-refractivity contribution < 1.29 is 19.2 Å². The minimum Gasteiger partial charge on any atom is -0.479 e. The van der Waals surface area contributed by atoms with E-state index in [4.69, 9.17) is 16.5 Å². The van der Waals surface area contributed by atoms with Gasteiger partial charge in [-0.3, -0.25) is 0 Å². The summed E-state index contributed by atoms with van der Waals surface area (Å²) in [7, 11) is 0. The molecule has 0 bridgehead atoms. The monoisotopic (exact) mass is 212 g/mol. The first-order chi connectivity index (χ1) is 7.17. The van der Waals surface area contributed by atoms with Crippen LogP contribution >= 0.6 is 0 Å². The highest BCUT2D eigenvalue weighted by molar-refractivity contribution is 5.74. The van der Waals surface area contributed by atoms with E-state index in [1.807, 2.05) is 0 Å². The van der Waals surface area contributed by atoms with Crippen LogP contribution in [-0.2, 0) is 9.63 Å². The van der Waals surface area contributed by atoms with Crippen LogP contribution in [-0.4, -0.2) is 12.1 Å². The molecule has 0 amide bonds. The molecule has 0 fully saturated rings. The van der Waals surface area contributed by atoms with Gasteiger partial charge in [0.1, 0.15) is 11.5 Å². The normalized spacial score (nSPS) is 11.7. The predicted octanol–water partition coefficient (Wildman–Crippen LogP) is 0.123. The van der Waals surface area contributed by atoms with Gasteiger partial charge in [0.25, 0.3) is 0 Å². The Morgan fingerprint density at radius 2 is 1.73 bits per heavy atom. The fourth-order valence-corrected chi connectivity index (χ4v) is 0.945. The molecule has 0 aliphatic carbocycles. The second kappa shape index (κ2) is 5.18. The minimum absolute atomic E-state index is 0.494. The Bertz CT molecular complexity index is 325. The molecule has 1 aromatic rings. The molecular weight excluding hydrogens is 200 g/mol. The summed E-state index contributed by atoms with van der Waals surface area (Å²) in [6.07, 6.45) is -0.764. The molecule has 82 valence electrons. The lowest BCUT2D eigenvalue weighted by Gasteiger charge is -2.11. The number of carbonyl (C=O) groups excluding carboxylic acids is 1. The zero-order valence-electron chi connectivity index (χ0n) is 8.17. The van der Waals surface area contributed by atoms with E-state index >= 15 is 0 Å². The third-order valence-corrected chi connectivity index (χ3v) is 1.72. The lowest BCUT2D eigenvalue weighted by Crippen LogP contribution is -2.28. The number of hydrogen-bond donors (Lipinski definition) is 2. The average molecular weight is 212 g/mol. The molecule has 0 radical (unpaired) electrons. The van der Waals surface area contributed by atoms with Gasteiger partial charge in [0.2, 0.25) is 0 Å². The molecule has 0 saturated carbocycles. The number of nitrogens with two attached hydrogens (primary N) is 2. The van der Waals surface area contributed by atoms with Gasteiger partial charge in [-0.05, 0) is 31.2 Å². The van der Waals surface area contributed by atoms with E-state index in [0.717, 1.165) is 0 Å². The molecule has 15 heavy (non-hydrogen) atoms. The molecule has 6 nitrogen and oxygen atoms in total. The highest BCUT2D eigenvalue weighted by atomic mass is 16.7. The average Bonchev–Trinajstić information content (AvgIpc) is 2.29. The summed E-state index contributed by atoms with van der Waals surface area (Å²) in [6, 6.07) is 6.44. The van der Waals surface area contributed by atoms with Crippen LogP contribution in [0.5, 0.6) is 11.5 Å². The standard InChI is InChI=1S/C9H12N2O4/c1-6(9(12)15-11)13-7-2-4-8(14-10)5-3-7/h2-6H,10-11H2,1H3. The lowest BCUT2D eigenvalue weighted by molar-refractivity contribution is -0.151. The number of benzene rings is 1. The Morgan fingerprint density at radius 3 is 2.20 bits per heavy atom. The van der Waals surface area contributed by atoms with Gasteiger partial charge >= 0.3 is 5.97 Å². The Morgan fingerprint density at radius 1 is 1.20 bits per heavy atom. The fourth-order valence-electron chi connectivity index (χ4n) is 0.945. The Labute approximate surface area is 86.6 Å². The van der Waals surface area contributed by atoms with Crippen molar-refractivity contribution in [1.82, 2.24) is 0 Å². The third-order valence-electron chi connectivity index (χ3n) is 1.72. The summed E-state index contributed by atoms with van der Waals surface area (Å²) >= 11 is 0. The van der Waals surface area contributed by atoms with E-state index < -0.39 is 12.1 Å². The van der Waals surface area contributed by atoms with Gasteiger partial charge in [0.05, 0.1) is 0 Å². The van der Waals surface area contributed by atoms with Crippen LogP contribution in [0, 0.1) is 0 Å². The predicted molar refractivity (Wildman–Crippen MR) is 51.6 cm³/mol. The van der Waals surface area contributed by atoms with Crippen LogP contribution in [0.1, 0.15) is 6.92 Å². The molecule has 0 spiro atoms. The van der Waals surface area contributed by atoms with E-state index in [1.54, 1.807) is 24.3 Å². The molecule has 6 heteroatoms. The van der Waals surface area contributed by atoms with E-state index in [9.17, 15) is 4.79 Å². The molecule has 1 aromatic carbocycles. The van der Waals surface area contributed by atoms with Crippen molar-refractivity contribution >= 4 is 5.97 Å². The number of carbonyl (C=O) groups is 1. The summed E-state index contributed by atoms with van der Waals surface area (Å²) in [5.74, 6) is 9.99. The molecule has 4 N–H and O–H groups in total. The van der Waals surface area contributed by atoms with Crippen molar-refractivity contribution in [3.05, 3.63) is 24.3 Å². The fraction of sp³-hybridized carbons (Fsp3) is 0.222. The van der Waals surface area contributed by atoms with Gasteiger partial charge < -0.3 is 14.4 Å². The topological polar surface area (TPSA) is 96.8 Å². The van der Waals surface area contributed by atoms with Crippen molar-refractivity contribution in [1.29, 1.82) is 0 Å². The summed E-state index contributed by atoms with van der Waals surface area (Å²) in [4.78, 5) is 19.4. The Balaban J connectivity index is 2.60. The van der Waals surface area contributed by atoms with E-state index in [-0.39, 0.29) is 0 Å². The molecule has 0 saturated heterocycles. The second-order valence-corrected chi connectivity index (χ2v) is 2.79. The van der Waals surface area contributed by atoms with Crippen LogP contribution in [0.15, 0.2) is 24.3 Å². The molecule has 0 aromatic heterocycles. The Hall–Kier alpha value is -1.79. The van der Waals surface area contributed by atoms with Crippen LogP contribution in [0.4, 0.5) is 0 Å². The smallest absolute Gasteiger partial charge is 0.365 e. The first-order valence-electron chi connectivity index (χ1n) is 4.21. The second-order valence-electron chi connectivity index (χ2n) is 2.79. The summed E-state index contributed by atoms with van der Waals surface area (Å²) < 4.78 is 5.22. The number of ether oxygens (including phenoxy) is 1. The highest BCUT2D eigenvalue weighted by Crippen LogP contribution is 2.17. The molecule has 1 rings (SSSR count). The van der Waals surface area contributed by atoms with Gasteiger partial charge in [-0.1, -0.05) is 0 Å². The van der Waals surface area contributed by atoms with Crippen molar-refractivity contribution in [3.8, 4) is 11.5 Å². The Kier molecular flexibility index (Phi) is 3.90. The first-order valence-corrected chi connectivity index (χ1v) is 4.21. The van der Waals surface area contributed by atoms with E-state index in [2.05, 4.69) is 9.68 Å². The zero-order valence-corrected chi connectivity index (χ0v) is 8.17. The van der Waals surface area contributed by atoms with Crippen molar-refractivity contribution in [2.24, 2.45) is 11.8 Å². The van der Waals surface area contributed by atoms with Crippen LogP contribution in [0.3, 0.4) is 0 Å². The van der Waals surface area contributed by atoms with Crippen LogP contribution < -0.4 is 21.4 Å². The quantitative estimate of drug-likeness (QED) is 0.688. The number of hydrogen-bond acceptors (Lipinski definition) is 6. The summed E-state index contributed by atoms with van der Waals surface area (Å²) in [5, 5.41) is 0. The maximum absolute atomic E-state index is 10.9. The zero-order chi connectivity index (χ0) is 11.3. The van der Waals surface area contributed by atoms with Crippen molar-refractivity contribution in [3.63, 3.8) is 0 Å². The minimum atomic E-state index is -0.764. The van der Waals surface area contributed by atoms with Gasteiger partial charge in [-0.25, -0.2) is 4.79 Å². The van der Waals surface area contributed by atoms with Gasteiger partial charge in [0.15, 0.2) is 6.10 Å². The van der Waals surface area contributed by atoms with Gasteiger partial charge in [0, 0.05) is 0 Å². The maximum Gasteiger partial charge on any atom is 0.365 e. The van der Waals surface area contributed by atoms with E-state index in [1.165, 1.54) is 6.92 Å². The first kappa shape index (κ1) is 11.3. The van der Waals surface area contributed by atoms with Crippen molar-refractivity contribution in [2.75, 3.05) is 0 Å². The van der Waals surface area contributed by atoms with Gasteiger partial charge in [-0.2, -0.15) is 11.8 Å². The molecule has 0 heterocycles. The molecular formula is C9H12N2O4. The molecule has 1 unspecified atom stereocenters. The molecule has 0 aliphatic rings. The summed E-state index contributed by atoms with van der Waals surface area (Å²) in [6.45, 7) is 1.53. The summed E-state index contributed by atoms with van der Waals surface area (Å²) in [5.41, 5.74) is 0. The maximum atomic E-state index is 10.9. The largest absolute Gasteiger partial charge is 0.479 e. The number of rotatable bonds is 4. The van der Waals surface area contributed by atoms with Crippen LogP contribution in [0.25, 0.3) is 0 Å². The lowest BCUT2D eigenvalue weighted by atomic mass is 10.3.